The van der Waals surface area contributed by atoms with Crippen LogP contribution in [0.2, 0.25) is 0 Å². The van der Waals surface area contributed by atoms with Gasteiger partial charge in [0.15, 0.2) is 0 Å². The topological polar surface area (TPSA) is 83.6 Å². The summed E-state index contributed by atoms with van der Waals surface area (Å²) in [5.74, 6) is 0.233. The van der Waals surface area contributed by atoms with Crippen LogP contribution in [-0.4, -0.2) is 42.5 Å². The zero-order valence-corrected chi connectivity index (χ0v) is 13.7. The molecule has 2 rings (SSSR count). The number of nitrogens with two attached hydrogens (primary N) is 1. The maximum atomic E-state index is 12.5. The van der Waals surface area contributed by atoms with E-state index in [1.54, 1.807) is 26.1 Å². The summed E-state index contributed by atoms with van der Waals surface area (Å²) in [7, 11) is -1.96. The van der Waals surface area contributed by atoms with E-state index in [0.29, 0.717) is 24.9 Å². The minimum atomic E-state index is -3.53. The third-order valence-electron chi connectivity index (χ3n) is 3.90. The van der Waals surface area contributed by atoms with Crippen LogP contribution < -0.4 is 5.73 Å². The van der Waals surface area contributed by atoms with Crippen molar-refractivity contribution < 1.29 is 13.5 Å². The molecule has 0 radical (unpaired) electrons. The summed E-state index contributed by atoms with van der Waals surface area (Å²) in [5, 5.41) is 9.28. The number of thiocarbonyl (C=S) groups is 1. The van der Waals surface area contributed by atoms with Crippen LogP contribution in [0.5, 0.6) is 0 Å². The van der Waals surface area contributed by atoms with Crippen molar-refractivity contribution in [2.75, 3.05) is 13.6 Å². The van der Waals surface area contributed by atoms with E-state index in [0.717, 1.165) is 5.56 Å². The Morgan fingerprint density at radius 2 is 2.10 bits per heavy atom. The fourth-order valence-corrected chi connectivity index (χ4v) is 4.13. The van der Waals surface area contributed by atoms with Crippen molar-refractivity contribution in [2.45, 2.75) is 30.8 Å². The second kappa shape index (κ2) is 6.00. The first-order valence-corrected chi connectivity index (χ1v) is 8.61. The molecule has 116 valence electrons. The van der Waals surface area contributed by atoms with Crippen molar-refractivity contribution in [2.24, 2.45) is 11.7 Å². The Morgan fingerprint density at radius 1 is 1.48 bits per heavy atom. The number of hydrogen-bond donors (Lipinski definition) is 2. The number of aliphatic hydroxyl groups excluding tert-OH is 1. The summed E-state index contributed by atoms with van der Waals surface area (Å²) in [6, 6.07) is 4.77. The van der Waals surface area contributed by atoms with Gasteiger partial charge < -0.3 is 10.8 Å². The molecule has 0 spiro atoms. The molecule has 1 aliphatic rings. The maximum absolute atomic E-state index is 12.5. The third-order valence-corrected chi connectivity index (χ3v) is 5.94. The molecular formula is C14H20N2O3S2. The van der Waals surface area contributed by atoms with Gasteiger partial charge in [0.05, 0.1) is 11.0 Å². The molecule has 0 unspecified atom stereocenters. The third kappa shape index (κ3) is 3.42. The van der Waals surface area contributed by atoms with E-state index in [4.69, 9.17) is 18.0 Å². The molecule has 0 saturated heterocycles. The summed E-state index contributed by atoms with van der Waals surface area (Å²) in [4.78, 5) is 0.496. The molecule has 0 heterocycles. The smallest absolute Gasteiger partial charge is 0.242 e. The summed E-state index contributed by atoms with van der Waals surface area (Å²) >= 11 is 4.92. The second-order valence-corrected chi connectivity index (χ2v) is 8.10. The van der Waals surface area contributed by atoms with E-state index in [2.05, 4.69) is 0 Å². The van der Waals surface area contributed by atoms with Crippen molar-refractivity contribution in [3.63, 3.8) is 0 Å². The van der Waals surface area contributed by atoms with Crippen molar-refractivity contribution in [3.8, 4) is 0 Å². The Kier molecular flexibility index (Phi) is 4.67. The predicted molar refractivity (Wildman–Crippen MR) is 85.6 cm³/mol. The number of benzene rings is 1. The van der Waals surface area contributed by atoms with E-state index < -0.39 is 10.0 Å². The maximum Gasteiger partial charge on any atom is 0.242 e. The van der Waals surface area contributed by atoms with E-state index in [-0.39, 0.29) is 21.9 Å². The van der Waals surface area contributed by atoms with Crippen molar-refractivity contribution in [1.82, 2.24) is 4.31 Å². The molecule has 1 aromatic rings. The molecule has 1 saturated carbocycles. The average molecular weight is 328 g/mol. The van der Waals surface area contributed by atoms with Crippen LogP contribution in [0.25, 0.3) is 0 Å². The van der Waals surface area contributed by atoms with Crippen LogP contribution in [0, 0.1) is 12.8 Å². The van der Waals surface area contributed by atoms with Gasteiger partial charge in [0.25, 0.3) is 0 Å². The summed E-state index contributed by atoms with van der Waals surface area (Å²) < 4.78 is 26.4. The van der Waals surface area contributed by atoms with Gasteiger partial charge in [-0.3, -0.25) is 0 Å². The lowest BCUT2D eigenvalue weighted by Crippen LogP contribution is -2.39. The molecule has 0 atom stereocenters. The van der Waals surface area contributed by atoms with Crippen LogP contribution in [0.3, 0.4) is 0 Å². The number of aryl methyl sites for hydroxylation is 1. The fraction of sp³-hybridized carbons (Fsp3) is 0.500. The highest BCUT2D eigenvalue weighted by Gasteiger charge is 2.31. The van der Waals surface area contributed by atoms with Gasteiger partial charge in [-0.25, -0.2) is 12.7 Å². The number of rotatable bonds is 5. The first kappa shape index (κ1) is 16.4. The van der Waals surface area contributed by atoms with Gasteiger partial charge in [0.2, 0.25) is 10.0 Å². The zero-order chi connectivity index (χ0) is 15.8. The normalized spacial score (nSPS) is 22.1. The summed E-state index contributed by atoms with van der Waals surface area (Å²) in [6.45, 7) is 2.21. The quantitative estimate of drug-likeness (QED) is 0.789. The van der Waals surface area contributed by atoms with Crippen LogP contribution >= 0.6 is 12.2 Å². The lowest BCUT2D eigenvalue weighted by molar-refractivity contribution is 0.0367. The minimum Gasteiger partial charge on any atom is -0.393 e. The largest absolute Gasteiger partial charge is 0.393 e. The number of hydrogen-bond acceptors (Lipinski definition) is 4. The van der Waals surface area contributed by atoms with Crippen LogP contribution in [-0.2, 0) is 10.0 Å². The summed E-state index contributed by atoms with van der Waals surface area (Å²) in [5.41, 5.74) is 7.02. The number of aliphatic hydroxyl groups is 1. The zero-order valence-electron chi connectivity index (χ0n) is 12.1. The molecule has 3 N–H and O–H groups in total. The van der Waals surface area contributed by atoms with E-state index in [1.807, 2.05) is 0 Å². The highest BCUT2D eigenvalue weighted by molar-refractivity contribution is 7.89. The standard InChI is InChI=1S/C14H20N2O3S2/c1-9-5-12(3-4-13(9)14(15)20)21(18,19)16(2)8-10-6-11(17)7-10/h3-5,10-11,17H,6-8H2,1-2H3,(H2,15,20). The lowest BCUT2D eigenvalue weighted by Gasteiger charge is -2.34. The molecule has 21 heavy (non-hydrogen) atoms. The Hall–Kier alpha value is -1.02. The fourth-order valence-electron chi connectivity index (χ4n) is 2.56. The van der Waals surface area contributed by atoms with E-state index in [9.17, 15) is 13.5 Å². The molecule has 0 bridgehead atoms. The average Bonchev–Trinajstić information content (AvgIpc) is 2.36. The molecule has 5 nitrogen and oxygen atoms in total. The Balaban J connectivity index is 2.18. The lowest BCUT2D eigenvalue weighted by atomic mass is 9.82. The number of sulfonamides is 1. The van der Waals surface area contributed by atoms with Crippen molar-refractivity contribution in [1.29, 1.82) is 0 Å². The van der Waals surface area contributed by atoms with E-state index >= 15 is 0 Å². The molecule has 0 aromatic heterocycles. The molecule has 1 aromatic carbocycles. The Bertz CT molecular complexity index is 652. The molecule has 0 aliphatic heterocycles. The van der Waals surface area contributed by atoms with Gasteiger partial charge >= 0.3 is 0 Å². The highest BCUT2D eigenvalue weighted by atomic mass is 32.2. The molecular weight excluding hydrogens is 308 g/mol. The monoisotopic (exact) mass is 328 g/mol. The Morgan fingerprint density at radius 3 is 2.57 bits per heavy atom. The second-order valence-electron chi connectivity index (χ2n) is 5.62. The van der Waals surface area contributed by atoms with Crippen LogP contribution in [0.15, 0.2) is 23.1 Å². The molecule has 0 amide bonds. The Labute approximate surface area is 130 Å². The number of nitrogens with zero attached hydrogens (tertiary/aromatic N) is 1. The molecule has 7 heteroatoms. The van der Waals surface area contributed by atoms with Crippen molar-refractivity contribution >= 4 is 27.2 Å². The van der Waals surface area contributed by atoms with Gasteiger partial charge in [-0.1, -0.05) is 18.3 Å². The molecule has 1 aliphatic carbocycles. The van der Waals surface area contributed by atoms with Crippen LogP contribution in [0.4, 0.5) is 0 Å². The van der Waals surface area contributed by atoms with E-state index in [1.165, 1.54) is 10.4 Å². The SMILES string of the molecule is Cc1cc(S(=O)(=O)N(C)CC2CC(O)C2)ccc1C(N)=S. The van der Waals surface area contributed by atoms with Gasteiger partial charge in [0.1, 0.15) is 4.99 Å². The van der Waals surface area contributed by atoms with Gasteiger partial charge in [-0.2, -0.15) is 0 Å². The minimum absolute atomic E-state index is 0.233. The van der Waals surface area contributed by atoms with Crippen LogP contribution in [0.1, 0.15) is 24.0 Å². The molecule has 1 fully saturated rings. The summed E-state index contributed by atoms with van der Waals surface area (Å²) in [6.07, 6.45) is 1.05. The predicted octanol–water partition coefficient (Wildman–Crippen LogP) is 1.02. The van der Waals surface area contributed by atoms with Gasteiger partial charge in [-0.15, -0.1) is 0 Å². The van der Waals surface area contributed by atoms with Gasteiger partial charge in [0, 0.05) is 19.2 Å². The first-order valence-electron chi connectivity index (χ1n) is 6.76. The first-order chi connectivity index (χ1) is 9.71. The van der Waals surface area contributed by atoms with Gasteiger partial charge in [-0.05, 0) is 43.4 Å². The highest BCUT2D eigenvalue weighted by Crippen LogP contribution is 2.29. The van der Waals surface area contributed by atoms with Crippen molar-refractivity contribution in [3.05, 3.63) is 29.3 Å².